The van der Waals surface area contributed by atoms with Crippen molar-refractivity contribution < 1.29 is 24.2 Å². The van der Waals surface area contributed by atoms with Gasteiger partial charge in [0, 0.05) is 32.0 Å². The first-order valence-electron chi connectivity index (χ1n) is 9.70. The average molecular weight is 389 g/mol. The Morgan fingerprint density at radius 3 is 2.57 bits per heavy atom. The second-order valence-corrected chi connectivity index (χ2v) is 7.53. The van der Waals surface area contributed by atoms with Crippen LogP contribution in [0.25, 0.3) is 0 Å². The number of nitrogens with zero attached hydrogens (tertiary/aromatic N) is 1. The standard InChI is InChI=1S/C20H27N3O5/c24-17(25)13-20(8-11-28-12-9-20)22-18(26)15-5-4-10-23(14-15)19(27)21-16-6-2-1-3-7-16/h1-3,6-7,15H,4-5,8-14H2,(H,21,27)(H,22,26)(H,24,25). The van der Waals surface area contributed by atoms with Crippen LogP contribution >= 0.6 is 0 Å². The van der Waals surface area contributed by atoms with Crippen LogP contribution in [0.3, 0.4) is 0 Å². The van der Waals surface area contributed by atoms with Crippen LogP contribution < -0.4 is 10.6 Å². The van der Waals surface area contributed by atoms with Crippen molar-refractivity contribution >= 4 is 23.6 Å². The maximum absolute atomic E-state index is 12.9. The molecule has 2 aliphatic heterocycles. The number of benzene rings is 1. The number of likely N-dealkylation sites (tertiary alicyclic amines) is 1. The van der Waals surface area contributed by atoms with Crippen LogP contribution in [0.15, 0.2) is 30.3 Å². The number of para-hydroxylation sites is 1. The summed E-state index contributed by atoms with van der Waals surface area (Å²) in [5.74, 6) is -1.46. The van der Waals surface area contributed by atoms with E-state index in [2.05, 4.69) is 10.6 Å². The van der Waals surface area contributed by atoms with E-state index in [1.807, 2.05) is 30.3 Å². The highest BCUT2D eigenvalue weighted by Crippen LogP contribution is 2.27. The molecule has 0 bridgehead atoms. The normalized spacial score (nSPS) is 21.6. The number of hydrogen-bond acceptors (Lipinski definition) is 4. The van der Waals surface area contributed by atoms with Gasteiger partial charge >= 0.3 is 12.0 Å². The first-order chi connectivity index (χ1) is 13.5. The molecule has 0 radical (unpaired) electrons. The van der Waals surface area contributed by atoms with Crippen LogP contribution in [-0.4, -0.2) is 59.8 Å². The Balaban J connectivity index is 1.60. The van der Waals surface area contributed by atoms with E-state index in [-0.39, 0.29) is 24.3 Å². The van der Waals surface area contributed by atoms with Crippen molar-refractivity contribution in [2.24, 2.45) is 5.92 Å². The lowest BCUT2D eigenvalue weighted by molar-refractivity contribution is -0.141. The highest BCUT2D eigenvalue weighted by molar-refractivity contribution is 5.90. The van der Waals surface area contributed by atoms with Gasteiger partial charge in [-0.2, -0.15) is 0 Å². The van der Waals surface area contributed by atoms with Gasteiger partial charge < -0.3 is 25.4 Å². The highest BCUT2D eigenvalue weighted by atomic mass is 16.5. The molecule has 1 atom stereocenters. The lowest BCUT2D eigenvalue weighted by Gasteiger charge is -2.39. The monoisotopic (exact) mass is 389 g/mol. The second-order valence-electron chi connectivity index (χ2n) is 7.53. The third-order valence-corrected chi connectivity index (χ3v) is 5.43. The van der Waals surface area contributed by atoms with Gasteiger partial charge in [0.15, 0.2) is 0 Å². The van der Waals surface area contributed by atoms with Gasteiger partial charge in [0.05, 0.1) is 17.9 Å². The van der Waals surface area contributed by atoms with Crippen molar-refractivity contribution in [3.63, 3.8) is 0 Å². The number of aliphatic carboxylic acids is 1. The van der Waals surface area contributed by atoms with Crippen LogP contribution in [0.5, 0.6) is 0 Å². The summed E-state index contributed by atoms with van der Waals surface area (Å²) in [4.78, 5) is 38.3. The Labute approximate surface area is 164 Å². The molecule has 0 spiro atoms. The fraction of sp³-hybridized carbons (Fsp3) is 0.550. The summed E-state index contributed by atoms with van der Waals surface area (Å²) in [5, 5.41) is 15.1. The largest absolute Gasteiger partial charge is 0.481 e. The number of ether oxygens (including phenoxy) is 1. The number of carboxylic acid groups (broad SMARTS) is 1. The van der Waals surface area contributed by atoms with E-state index < -0.39 is 11.5 Å². The van der Waals surface area contributed by atoms with Crippen LogP contribution in [0.4, 0.5) is 10.5 Å². The molecule has 3 rings (SSSR count). The number of urea groups is 1. The molecule has 1 aromatic carbocycles. The maximum Gasteiger partial charge on any atom is 0.321 e. The number of amides is 3. The van der Waals surface area contributed by atoms with Crippen molar-refractivity contribution in [1.82, 2.24) is 10.2 Å². The quantitative estimate of drug-likeness (QED) is 0.714. The summed E-state index contributed by atoms with van der Waals surface area (Å²) in [7, 11) is 0. The molecule has 2 heterocycles. The van der Waals surface area contributed by atoms with E-state index in [1.54, 1.807) is 4.90 Å². The van der Waals surface area contributed by atoms with Crippen molar-refractivity contribution in [3.8, 4) is 0 Å². The number of piperidine rings is 1. The lowest BCUT2D eigenvalue weighted by Crippen LogP contribution is -2.56. The summed E-state index contributed by atoms with van der Waals surface area (Å²) in [6.07, 6.45) is 2.26. The maximum atomic E-state index is 12.9. The molecular formula is C20H27N3O5. The van der Waals surface area contributed by atoms with Crippen molar-refractivity contribution in [1.29, 1.82) is 0 Å². The van der Waals surface area contributed by atoms with Gasteiger partial charge in [0.1, 0.15) is 0 Å². The SMILES string of the molecule is O=C(O)CC1(NC(=O)C2CCCN(C(=O)Nc3ccccc3)C2)CCOCC1. The second kappa shape index (κ2) is 9.05. The average Bonchev–Trinajstić information content (AvgIpc) is 2.69. The van der Waals surface area contributed by atoms with Gasteiger partial charge in [-0.05, 0) is 37.8 Å². The first kappa shape index (κ1) is 20.1. The highest BCUT2D eigenvalue weighted by Gasteiger charge is 2.39. The number of carbonyl (C=O) groups is 3. The van der Waals surface area contributed by atoms with Crippen LogP contribution in [0.2, 0.25) is 0 Å². The van der Waals surface area contributed by atoms with E-state index in [1.165, 1.54) is 0 Å². The van der Waals surface area contributed by atoms with Gasteiger partial charge in [-0.15, -0.1) is 0 Å². The number of rotatable bonds is 5. The predicted molar refractivity (Wildman–Crippen MR) is 103 cm³/mol. The molecule has 0 aromatic heterocycles. The number of carboxylic acids is 1. The van der Waals surface area contributed by atoms with Gasteiger partial charge in [-0.3, -0.25) is 9.59 Å². The van der Waals surface area contributed by atoms with Crippen molar-refractivity contribution in [2.45, 2.75) is 37.6 Å². The van der Waals surface area contributed by atoms with Crippen LogP contribution in [0.1, 0.15) is 32.1 Å². The van der Waals surface area contributed by atoms with E-state index in [9.17, 15) is 19.5 Å². The number of nitrogens with one attached hydrogen (secondary N) is 2. The molecule has 0 saturated carbocycles. The Bertz CT molecular complexity index is 703. The van der Waals surface area contributed by atoms with Crippen LogP contribution in [0, 0.1) is 5.92 Å². The molecular weight excluding hydrogens is 362 g/mol. The minimum Gasteiger partial charge on any atom is -0.481 e. The minimum atomic E-state index is -0.935. The number of hydrogen-bond donors (Lipinski definition) is 3. The Hall–Kier alpha value is -2.61. The fourth-order valence-corrected chi connectivity index (χ4v) is 3.86. The molecule has 152 valence electrons. The number of anilines is 1. The molecule has 3 amide bonds. The van der Waals surface area contributed by atoms with Gasteiger partial charge in [-0.1, -0.05) is 18.2 Å². The Kier molecular flexibility index (Phi) is 6.51. The molecule has 2 saturated heterocycles. The molecule has 1 unspecified atom stereocenters. The van der Waals surface area contributed by atoms with E-state index in [4.69, 9.17) is 4.74 Å². The van der Waals surface area contributed by atoms with Crippen molar-refractivity contribution in [3.05, 3.63) is 30.3 Å². The Morgan fingerprint density at radius 1 is 1.18 bits per heavy atom. The lowest BCUT2D eigenvalue weighted by atomic mass is 9.85. The molecule has 8 heteroatoms. The molecule has 2 fully saturated rings. The summed E-state index contributed by atoms with van der Waals surface area (Å²) in [5.41, 5.74) is -0.0582. The van der Waals surface area contributed by atoms with Gasteiger partial charge in [0.2, 0.25) is 5.91 Å². The minimum absolute atomic E-state index is 0.118. The first-order valence-corrected chi connectivity index (χ1v) is 9.70. The molecule has 8 nitrogen and oxygen atoms in total. The summed E-state index contributed by atoms with van der Waals surface area (Å²) in [6, 6.07) is 8.96. The molecule has 0 aliphatic carbocycles. The van der Waals surface area contributed by atoms with Crippen LogP contribution in [-0.2, 0) is 14.3 Å². The molecule has 3 N–H and O–H groups in total. The third-order valence-electron chi connectivity index (χ3n) is 5.43. The zero-order valence-electron chi connectivity index (χ0n) is 15.9. The number of carbonyl (C=O) groups excluding carboxylic acids is 2. The fourth-order valence-electron chi connectivity index (χ4n) is 3.86. The van der Waals surface area contributed by atoms with Crippen molar-refractivity contribution in [2.75, 3.05) is 31.6 Å². The van der Waals surface area contributed by atoms with Gasteiger partial charge in [0.25, 0.3) is 0 Å². The van der Waals surface area contributed by atoms with Gasteiger partial charge in [-0.25, -0.2) is 4.79 Å². The Morgan fingerprint density at radius 2 is 1.89 bits per heavy atom. The third kappa shape index (κ3) is 5.22. The topological polar surface area (TPSA) is 108 Å². The summed E-state index contributed by atoms with van der Waals surface area (Å²) < 4.78 is 5.33. The van der Waals surface area contributed by atoms with E-state index in [0.29, 0.717) is 51.3 Å². The molecule has 2 aliphatic rings. The summed E-state index contributed by atoms with van der Waals surface area (Å²) in [6.45, 7) is 1.79. The van der Waals surface area contributed by atoms with E-state index in [0.717, 1.165) is 6.42 Å². The predicted octanol–water partition coefficient (Wildman–Crippen LogP) is 2.07. The molecule has 28 heavy (non-hydrogen) atoms. The summed E-state index contributed by atoms with van der Waals surface area (Å²) >= 11 is 0. The zero-order valence-corrected chi connectivity index (χ0v) is 15.9. The van der Waals surface area contributed by atoms with E-state index >= 15 is 0 Å². The molecule has 1 aromatic rings. The zero-order chi connectivity index (χ0) is 20.0. The smallest absolute Gasteiger partial charge is 0.321 e.